The summed E-state index contributed by atoms with van der Waals surface area (Å²) in [6.45, 7) is 0. The smallest absolute Gasteiger partial charge is 0.0134 e. The third-order valence-corrected chi connectivity index (χ3v) is 2.12. The zero-order valence-corrected chi connectivity index (χ0v) is 5.56. The molecule has 2 aliphatic rings. The highest BCUT2D eigenvalue weighted by Gasteiger charge is 2.30. The first kappa shape index (κ1) is 5.76. The van der Waals surface area contributed by atoms with E-state index in [1.54, 1.807) is 11.8 Å². The van der Waals surface area contributed by atoms with Gasteiger partial charge in [-0.3, -0.25) is 0 Å². The Hall–Kier alpha value is 0. The van der Waals surface area contributed by atoms with Crippen LogP contribution in [0.5, 0.6) is 0 Å². The van der Waals surface area contributed by atoms with Crippen molar-refractivity contribution in [1.82, 2.24) is 0 Å². The van der Waals surface area contributed by atoms with Crippen LogP contribution >= 0.6 is 0 Å². The Morgan fingerprint density at radius 3 is 2.89 bits per heavy atom. The zero-order chi connectivity index (χ0) is 6.10. The van der Waals surface area contributed by atoms with Gasteiger partial charge in [-0.2, -0.15) is 0 Å². The summed E-state index contributed by atoms with van der Waals surface area (Å²) in [5.41, 5.74) is 0. The molecule has 0 atom stereocenters. The van der Waals surface area contributed by atoms with Gasteiger partial charge in [0, 0.05) is 0 Å². The Morgan fingerprint density at radius 2 is 2.00 bits per heavy atom. The van der Waals surface area contributed by atoms with Gasteiger partial charge in [0.25, 0.3) is 0 Å². The van der Waals surface area contributed by atoms with Crippen LogP contribution in [-0.4, -0.2) is 0 Å². The highest BCUT2D eigenvalue weighted by Crippen LogP contribution is 2.43. The van der Waals surface area contributed by atoms with Crippen LogP contribution in [0, 0.1) is 31.1 Å². The molecule has 0 unspecified atom stereocenters. The van der Waals surface area contributed by atoms with Gasteiger partial charge in [0.2, 0.25) is 0 Å². The first-order chi connectivity index (χ1) is 4.47. The van der Waals surface area contributed by atoms with Crippen molar-refractivity contribution < 1.29 is 0 Å². The summed E-state index contributed by atoms with van der Waals surface area (Å²) in [6.07, 6.45) is 12.1. The molecule has 2 saturated carbocycles. The molecule has 0 heteroatoms. The molecule has 5 radical (unpaired) electrons. The highest BCUT2D eigenvalue weighted by atomic mass is 14.3. The van der Waals surface area contributed by atoms with Gasteiger partial charge in [0.05, 0.1) is 0 Å². The first-order valence-corrected chi connectivity index (χ1v) is 3.68. The van der Waals surface area contributed by atoms with Crippen LogP contribution in [0.25, 0.3) is 0 Å². The van der Waals surface area contributed by atoms with E-state index >= 15 is 0 Å². The summed E-state index contributed by atoms with van der Waals surface area (Å²) in [5.74, 6) is 3.22. The minimum absolute atomic E-state index is 1.17. The van der Waals surface area contributed by atoms with Crippen LogP contribution in [0.3, 0.4) is 0 Å². The van der Waals surface area contributed by atoms with Crippen molar-refractivity contribution in [1.29, 1.82) is 0 Å². The standard InChI is InChI=1S/C9H11/c1-2-5-9-7-3-6-8(9)4-1/h1,4-5H,2-3,6-7H2. The Bertz CT molecular complexity index is 84.2. The second kappa shape index (κ2) is 2.32. The lowest BCUT2D eigenvalue weighted by Crippen LogP contribution is -2.10. The van der Waals surface area contributed by atoms with Gasteiger partial charge < -0.3 is 0 Å². The molecule has 2 fully saturated rings. The van der Waals surface area contributed by atoms with Gasteiger partial charge in [-0.25, -0.2) is 0 Å². The molecule has 0 nitrogen and oxygen atoms in total. The highest BCUT2D eigenvalue weighted by molar-refractivity contribution is 5.39. The lowest BCUT2D eigenvalue weighted by Gasteiger charge is -2.22. The lowest BCUT2D eigenvalue weighted by molar-refractivity contribution is 0.870. The van der Waals surface area contributed by atoms with Crippen molar-refractivity contribution in [3.8, 4) is 0 Å². The van der Waals surface area contributed by atoms with Crippen LogP contribution in [0.4, 0.5) is 0 Å². The fourth-order valence-corrected chi connectivity index (χ4v) is 1.63. The number of fused-ring (bicyclic) bond motifs is 1. The monoisotopic (exact) mass is 119 g/mol. The van der Waals surface area contributed by atoms with Crippen LogP contribution in [0.15, 0.2) is 0 Å². The Kier molecular flexibility index (Phi) is 1.48. The topological polar surface area (TPSA) is 0 Å². The van der Waals surface area contributed by atoms with Crippen molar-refractivity contribution in [2.45, 2.75) is 25.7 Å². The molecule has 2 aliphatic carbocycles. The van der Waals surface area contributed by atoms with Crippen molar-refractivity contribution in [2.24, 2.45) is 0 Å². The summed E-state index contributed by atoms with van der Waals surface area (Å²) >= 11 is 0. The normalized spacial score (nSPS) is 30.7. The largest absolute Gasteiger partial charge is 0.0521 e. The van der Waals surface area contributed by atoms with Crippen LogP contribution in [0.2, 0.25) is 0 Å². The maximum Gasteiger partial charge on any atom is -0.0134 e. The van der Waals surface area contributed by atoms with Gasteiger partial charge >= 0.3 is 0 Å². The quantitative estimate of drug-likeness (QED) is 0.459. The summed E-state index contributed by atoms with van der Waals surface area (Å²) in [7, 11) is 0. The summed E-state index contributed by atoms with van der Waals surface area (Å²) in [6, 6.07) is 0. The van der Waals surface area contributed by atoms with E-state index in [-0.39, 0.29) is 0 Å². The molecule has 0 saturated heterocycles. The van der Waals surface area contributed by atoms with Crippen molar-refractivity contribution in [2.75, 3.05) is 0 Å². The van der Waals surface area contributed by atoms with E-state index in [1.807, 2.05) is 0 Å². The average molecular weight is 119 g/mol. The summed E-state index contributed by atoms with van der Waals surface area (Å²) in [5, 5.41) is 0. The molecule has 0 heterocycles. The lowest BCUT2D eigenvalue weighted by atomic mass is 9.82. The predicted octanol–water partition coefficient (Wildman–Crippen LogP) is 2.34. The third-order valence-electron chi connectivity index (χ3n) is 2.12. The van der Waals surface area contributed by atoms with Gasteiger partial charge in [-0.1, -0.05) is 6.42 Å². The molecule has 0 aromatic rings. The first-order valence-electron chi connectivity index (χ1n) is 3.68. The maximum absolute atomic E-state index is 2.36. The van der Waals surface area contributed by atoms with E-state index in [2.05, 4.69) is 19.3 Å². The molecule has 0 aliphatic heterocycles. The van der Waals surface area contributed by atoms with Crippen LogP contribution < -0.4 is 0 Å². The number of hydrogen-bond donors (Lipinski definition) is 0. The molecular weight excluding hydrogens is 108 g/mol. The number of hydrogen-bond acceptors (Lipinski definition) is 0. The minimum atomic E-state index is 1.17. The van der Waals surface area contributed by atoms with Crippen molar-refractivity contribution in [3.63, 3.8) is 0 Å². The molecule has 2 rings (SSSR count). The van der Waals surface area contributed by atoms with E-state index in [0.29, 0.717) is 0 Å². The molecule has 47 valence electrons. The van der Waals surface area contributed by atoms with Gasteiger partial charge in [-0.05, 0) is 50.4 Å². The molecule has 0 aromatic carbocycles. The Morgan fingerprint density at radius 1 is 1.11 bits per heavy atom. The fourth-order valence-electron chi connectivity index (χ4n) is 1.63. The Labute approximate surface area is 57.6 Å². The molecular formula is C9H11. The molecule has 0 spiro atoms. The van der Waals surface area contributed by atoms with E-state index in [9.17, 15) is 0 Å². The SMILES string of the molecule is [CH]1[CH][C]2CCC[C]2[CH]C1. The van der Waals surface area contributed by atoms with Crippen molar-refractivity contribution in [3.05, 3.63) is 31.1 Å². The summed E-state index contributed by atoms with van der Waals surface area (Å²) < 4.78 is 0. The van der Waals surface area contributed by atoms with Gasteiger partial charge in [0.1, 0.15) is 0 Å². The van der Waals surface area contributed by atoms with Gasteiger partial charge in [-0.15, -0.1) is 0 Å². The van der Waals surface area contributed by atoms with Crippen molar-refractivity contribution >= 4 is 0 Å². The third kappa shape index (κ3) is 0.997. The van der Waals surface area contributed by atoms with E-state index in [4.69, 9.17) is 0 Å². The molecule has 0 bridgehead atoms. The summed E-state index contributed by atoms with van der Waals surface area (Å²) in [4.78, 5) is 0. The average Bonchev–Trinajstić information content (AvgIpc) is 2.33. The molecule has 0 N–H and O–H groups in total. The van der Waals surface area contributed by atoms with E-state index in [0.717, 1.165) is 0 Å². The van der Waals surface area contributed by atoms with Gasteiger partial charge in [0.15, 0.2) is 0 Å². The second-order valence-corrected chi connectivity index (χ2v) is 2.75. The Balaban J connectivity index is 1.97. The second-order valence-electron chi connectivity index (χ2n) is 2.75. The molecule has 0 amide bonds. The minimum Gasteiger partial charge on any atom is -0.0521 e. The predicted molar refractivity (Wildman–Crippen MR) is 37.9 cm³/mol. The van der Waals surface area contributed by atoms with Crippen LogP contribution in [-0.2, 0) is 0 Å². The molecule has 9 heavy (non-hydrogen) atoms. The zero-order valence-electron chi connectivity index (χ0n) is 5.56. The molecule has 0 aromatic heterocycles. The fraction of sp³-hybridized carbons (Fsp3) is 0.444. The number of rotatable bonds is 0. The maximum atomic E-state index is 2.36. The van der Waals surface area contributed by atoms with E-state index < -0.39 is 0 Å². The van der Waals surface area contributed by atoms with Crippen LogP contribution in [0.1, 0.15) is 25.7 Å². The van der Waals surface area contributed by atoms with E-state index in [1.165, 1.54) is 25.7 Å².